The fraction of sp³-hybridized carbons (Fsp3) is 0.389. The normalized spacial score (nSPS) is 21.6. The van der Waals surface area contributed by atoms with Gasteiger partial charge in [-0.25, -0.2) is 9.07 Å². The van der Waals surface area contributed by atoms with Gasteiger partial charge in [0.15, 0.2) is 6.04 Å². The molecule has 4 rings (SSSR count). The number of thiophene rings is 1. The number of nitrogens with zero attached hydrogens (tertiary/aromatic N) is 4. The molecule has 0 aliphatic carbocycles. The summed E-state index contributed by atoms with van der Waals surface area (Å²) in [5, 5.41) is 14.5. The summed E-state index contributed by atoms with van der Waals surface area (Å²) in [7, 11) is 2.20. The second kappa shape index (κ2) is 7.61. The molecule has 2 aromatic heterocycles. The Morgan fingerprint density at radius 2 is 1.96 bits per heavy atom. The van der Waals surface area contributed by atoms with E-state index in [0.29, 0.717) is 12.1 Å². The van der Waals surface area contributed by atoms with Crippen molar-refractivity contribution in [3.8, 4) is 0 Å². The molecule has 2 N–H and O–H groups in total. The summed E-state index contributed by atoms with van der Waals surface area (Å²) in [5.41, 5.74) is 0.671. The number of quaternary nitrogens is 2. The first kappa shape index (κ1) is 17.3. The van der Waals surface area contributed by atoms with E-state index in [1.165, 1.54) is 20.7 Å². The zero-order valence-electron chi connectivity index (χ0n) is 14.7. The average Bonchev–Trinajstić information content (AvgIpc) is 3.31. The van der Waals surface area contributed by atoms with Crippen molar-refractivity contribution in [2.45, 2.75) is 12.6 Å². The molecule has 3 heterocycles. The molecule has 0 bridgehead atoms. The van der Waals surface area contributed by atoms with Gasteiger partial charge in [0.2, 0.25) is 5.82 Å². The summed E-state index contributed by atoms with van der Waals surface area (Å²) < 4.78 is 16.5. The molecule has 26 heavy (non-hydrogen) atoms. The molecule has 0 spiro atoms. The minimum absolute atomic E-state index is 0.193. The number of halogens is 1. The van der Waals surface area contributed by atoms with Gasteiger partial charge in [-0.15, -0.1) is 16.4 Å². The molecule has 1 aromatic carbocycles. The topological polar surface area (TPSA) is 52.5 Å². The molecule has 0 saturated carbocycles. The van der Waals surface area contributed by atoms with Crippen molar-refractivity contribution in [3.05, 3.63) is 63.9 Å². The highest BCUT2D eigenvalue weighted by molar-refractivity contribution is 7.09. The van der Waals surface area contributed by atoms with Crippen molar-refractivity contribution in [1.29, 1.82) is 0 Å². The Morgan fingerprint density at radius 3 is 2.69 bits per heavy atom. The Bertz CT molecular complexity index is 841. The number of benzene rings is 1. The molecule has 3 aromatic rings. The number of piperazine rings is 1. The smallest absolute Gasteiger partial charge is 0.214 e. The van der Waals surface area contributed by atoms with Crippen LogP contribution < -0.4 is 9.80 Å². The van der Waals surface area contributed by atoms with Crippen LogP contribution in [0.5, 0.6) is 0 Å². The lowest BCUT2D eigenvalue weighted by molar-refractivity contribution is -1.02. The highest BCUT2D eigenvalue weighted by atomic mass is 32.1. The van der Waals surface area contributed by atoms with Gasteiger partial charge in [0.1, 0.15) is 32.0 Å². The van der Waals surface area contributed by atoms with E-state index in [1.54, 1.807) is 17.4 Å². The van der Waals surface area contributed by atoms with Crippen LogP contribution >= 0.6 is 11.3 Å². The van der Waals surface area contributed by atoms with Crippen LogP contribution in [0.2, 0.25) is 0 Å². The molecule has 6 nitrogen and oxygen atoms in total. The maximum absolute atomic E-state index is 14.7. The SMILES string of the molecule is C[NH+]1CC[NH+]([C@H](c2ccccc2F)c2nnnn2Cc2cccs2)CC1. The van der Waals surface area contributed by atoms with E-state index in [4.69, 9.17) is 0 Å². The van der Waals surface area contributed by atoms with Crippen LogP contribution in [0.15, 0.2) is 41.8 Å². The maximum atomic E-state index is 14.7. The summed E-state index contributed by atoms with van der Waals surface area (Å²) in [6.07, 6.45) is 0. The number of rotatable bonds is 5. The molecule has 0 radical (unpaired) electrons. The van der Waals surface area contributed by atoms with Crippen LogP contribution in [0.3, 0.4) is 0 Å². The van der Waals surface area contributed by atoms with Gasteiger partial charge in [-0.3, -0.25) is 0 Å². The Labute approximate surface area is 155 Å². The average molecular weight is 374 g/mol. The van der Waals surface area contributed by atoms with Crippen molar-refractivity contribution in [2.75, 3.05) is 33.2 Å². The van der Waals surface area contributed by atoms with E-state index in [9.17, 15) is 4.39 Å². The molecule has 0 amide bonds. The van der Waals surface area contributed by atoms with Gasteiger partial charge in [-0.1, -0.05) is 18.2 Å². The second-order valence-electron chi connectivity index (χ2n) is 6.84. The predicted octanol–water partition coefficient (Wildman–Crippen LogP) is -0.575. The van der Waals surface area contributed by atoms with Crippen LogP contribution in [0.1, 0.15) is 22.3 Å². The summed E-state index contributed by atoms with van der Waals surface area (Å²) >= 11 is 1.68. The van der Waals surface area contributed by atoms with E-state index in [0.717, 1.165) is 32.0 Å². The lowest BCUT2D eigenvalue weighted by Crippen LogP contribution is -3.27. The van der Waals surface area contributed by atoms with Gasteiger partial charge < -0.3 is 9.80 Å². The van der Waals surface area contributed by atoms with Crippen molar-refractivity contribution in [2.24, 2.45) is 0 Å². The number of likely N-dealkylation sites (N-methyl/N-ethyl adjacent to an activating group) is 1. The molecule has 0 unspecified atom stereocenters. The predicted molar refractivity (Wildman–Crippen MR) is 96.8 cm³/mol. The fourth-order valence-corrected chi connectivity index (χ4v) is 4.30. The zero-order chi connectivity index (χ0) is 17.9. The van der Waals surface area contributed by atoms with Crippen LogP contribution in [-0.2, 0) is 6.54 Å². The van der Waals surface area contributed by atoms with Crippen LogP contribution in [0.25, 0.3) is 0 Å². The highest BCUT2D eigenvalue weighted by Crippen LogP contribution is 2.21. The Hall–Kier alpha value is -2.16. The van der Waals surface area contributed by atoms with Gasteiger partial charge in [0.05, 0.1) is 19.2 Å². The quantitative estimate of drug-likeness (QED) is 0.629. The maximum Gasteiger partial charge on any atom is 0.214 e. The summed E-state index contributed by atoms with van der Waals surface area (Å²) in [6.45, 7) is 4.68. The minimum Gasteiger partial charge on any atom is -0.328 e. The molecular formula is C18H23FN6S+2. The minimum atomic E-state index is -0.195. The van der Waals surface area contributed by atoms with E-state index in [2.05, 4.69) is 28.6 Å². The zero-order valence-corrected chi connectivity index (χ0v) is 15.5. The number of tetrazole rings is 1. The number of nitrogens with one attached hydrogen (secondary N) is 2. The largest absolute Gasteiger partial charge is 0.328 e. The Kier molecular flexibility index (Phi) is 5.05. The summed E-state index contributed by atoms with van der Waals surface area (Å²) in [4.78, 5) is 4.02. The van der Waals surface area contributed by atoms with Crippen molar-refractivity contribution in [1.82, 2.24) is 20.2 Å². The van der Waals surface area contributed by atoms with Gasteiger partial charge >= 0.3 is 0 Å². The second-order valence-corrected chi connectivity index (χ2v) is 7.88. The highest BCUT2D eigenvalue weighted by Gasteiger charge is 2.36. The van der Waals surface area contributed by atoms with Gasteiger partial charge in [-0.05, 0) is 34.0 Å². The van der Waals surface area contributed by atoms with E-state index < -0.39 is 0 Å². The standard InChI is InChI=1S/C18H21FN6S/c1-23-8-10-24(11-9-23)17(15-6-2-3-7-16(15)19)18-20-21-22-25(18)13-14-5-4-12-26-14/h2-7,12,17H,8-11,13H2,1H3/p+2/t17-/m1/s1. The first-order valence-electron chi connectivity index (χ1n) is 8.91. The van der Waals surface area contributed by atoms with Crippen molar-refractivity contribution < 1.29 is 14.2 Å². The first-order chi connectivity index (χ1) is 12.7. The molecule has 136 valence electrons. The Morgan fingerprint density at radius 1 is 1.15 bits per heavy atom. The summed E-state index contributed by atoms with van der Waals surface area (Å²) in [5.74, 6) is 0.542. The third-order valence-electron chi connectivity index (χ3n) is 5.07. The number of aromatic nitrogens is 4. The Balaban J connectivity index is 1.72. The van der Waals surface area contributed by atoms with Crippen molar-refractivity contribution in [3.63, 3.8) is 0 Å². The number of hydrogen-bond donors (Lipinski definition) is 2. The van der Waals surface area contributed by atoms with Crippen LogP contribution in [0, 0.1) is 5.82 Å². The molecule has 1 aliphatic rings. The van der Waals surface area contributed by atoms with Gasteiger partial charge in [-0.2, -0.15) is 0 Å². The fourth-order valence-electron chi connectivity index (χ4n) is 3.62. The van der Waals surface area contributed by atoms with Crippen LogP contribution in [0.4, 0.5) is 4.39 Å². The van der Waals surface area contributed by atoms with Crippen molar-refractivity contribution >= 4 is 11.3 Å². The molecule has 8 heteroatoms. The molecule has 1 saturated heterocycles. The molecular weight excluding hydrogens is 351 g/mol. The molecule has 1 atom stereocenters. The lowest BCUT2D eigenvalue weighted by atomic mass is 10.0. The monoisotopic (exact) mass is 374 g/mol. The van der Waals surface area contributed by atoms with E-state index >= 15 is 0 Å². The van der Waals surface area contributed by atoms with Crippen LogP contribution in [-0.4, -0.2) is 53.4 Å². The third kappa shape index (κ3) is 3.53. The first-order valence-corrected chi connectivity index (χ1v) is 9.79. The third-order valence-corrected chi connectivity index (χ3v) is 5.93. The number of hydrogen-bond acceptors (Lipinski definition) is 4. The van der Waals surface area contributed by atoms with E-state index in [1.807, 2.05) is 28.3 Å². The lowest BCUT2D eigenvalue weighted by Gasteiger charge is -2.32. The van der Waals surface area contributed by atoms with Gasteiger partial charge in [0.25, 0.3) is 0 Å². The molecule has 1 aliphatic heterocycles. The summed E-state index contributed by atoms with van der Waals surface area (Å²) in [6, 6.07) is 10.9. The van der Waals surface area contributed by atoms with E-state index in [-0.39, 0.29) is 11.9 Å². The van der Waals surface area contributed by atoms with Gasteiger partial charge in [0, 0.05) is 4.88 Å². The molecule has 1 fully saturated rings.